The van der Waals surface area contributed by atoms with E-state index in [0.717, 1.165) is 84.6 Å². The van der Waals surface area contributed by atoms with Gasteiger partial charge in [0.25, 0.3) is 11.5 Å². The normalized spacial score (nSPS) is 20.8. The van der Waals surface area contributed by atoms with Crippen LogP contribution in [-0.4, -0.2) is 88.1 Å². The number of hydrogen-bond acceptors (Lipinski definition) is 10. The number of aromatic nitrogens is 2. The van der Waals surface area contributed by atoms with Gasteiger partial charge in [-0.05, 0) is 87.0 Å². The molecule has 3 fully saturated rings. The first-order valence-electron chi connectivity index (χ1n) is 18.4. The van der Waals surface area contributed by atoms with Crippen molar-refractivity contribution in [1.29, 1.82) is 0 Å². The minimum Gasteiger partial charge on any atom is -0.496 e. The fourth-order valence-corrected chi connectivity index (χ4v) is 8.24. The molecule has 4 aromatic rings. The van der Waals surface area contributed by atoms with E-state index >= 15 is 0 Å². The van der Waals surface area contributed by atoms with Crippen LogP contribution in [0.15, 0.2) is 53.6 Å². The molecule has 2 atom stereocenters. The number of carbonyl (C=O) groups is 3. The Labute approximate surface area is 307 Å². The maximum atomic E-state index is 13.5. The Morgan fingerprint density at radius 1 is 0.943 bits per heavy atom. The summed E-state index contributed by atoms with van der Waals surface area (Å²) < 4.78 is 13.9. The lowest BCUT2D eigenvalue weighted by Crippen LogP contribution is -2.53. The molecular weight excluding hydrogens is 676 g/mol. The largest absolute Gasteiger partial charge is 0.496 e. The first-order valence-corrected chi connectivity index (χ1v) is 18.4. The first kappa shape index (κ1) is 34.8. The number of piperidine rings is 2. The number of methoxy groups -OCH3 is 1. The molecule has 0 saturated carbocycles. The number of nitrogens with zero attached hydrogens (tertiary/aromatic N) is 5. The second-order valence-corrected chi connectivity index (χ2v) is 14.4. The minimum absolute atomic E-state index is 0.0956. The molecule has 4 aliphatic rings. The Morgan fingerprint density at radius 3 is 2.42 bits per heavy atom. The molecule has 13 heteroatoms. The molecule has 6 heterocycles. The van der Waals surface area contributed by atoms with Gasteiger partial charge < -0.3 is 24.0 Å². The third-order valence-electron chi connectivity index (χ3n) is 11.3. The number of likely N-dealkylation sites (tertiary alicyclic amines) is 1. The van der Waals surface area contributed by atoms with Crippen molar-refractivity contribution in [3.63, 3.8) is 0 Å². The van der Waals surface area contributed by atoms with Gasteiger partial charge in [-0.3, -0.25) is 34.3 Å². The molecule has 4 aliphatic heterocycles. The summed E-state index contributed by atoms with van der Waals surface area (Å²) >= 11 is 0. The van der Waals surface area contributed by atoms with Gasteiger partial charge in [0, 0.05) is 67.6 Å². The molecule has 2 aromatic heterocycles. The van der Waals surface area contributed by atoms with Crippen molar-refractivity contribution in [2.24, 2.45) is 7.05 Å². The number of nitrogens with one attached hydrogen (secondary N) is 1. The highest BCUT2D eigenvalue weighted by atomic mass is 16.5. The molecule has 2 N–H and O–H groups in total. The van der Waals surface area contributed by atoms with Gasteiger partial charge in [0.1, 0.15) is 23.4 Å². The topological polar surface area (TPSA) is 147 Å². The van der Waals surface area contributed by atoms with Gasteiger partial charge in [-0.25, -0.2) is 4.98 Å². The van der Waals surface area contributed by atoms with Crippen molar-refractivity contribution in [2.45, 2.75) is 63.8 Å². The van der Waals surface area contributed by atoms with Crippen LogP contribution in [0.5, 0.6) is 11.5 Å². The Balaban J connectivity index is 1.01. The second kappa shape index (κ2) is 13.9. The van der Waals surface area contributed by atoms with Gasteiger partial charge in [0.05, 0.1) is 24.7 Å². The van der Waals surface area contributed by atoms with E-state index in [4.69, 9.17) is 9.47 Å². The monoisotopic (exact) mass is 720 g/mol. The Hall–Kier alpha value is -5.27. The van der Waals surface area contributed by atoms with Crippen LogP contribution < -0.4 is 25.2 Å². The fourth-order valence-electron chi connectivity index (χ4n) is 8.24. The summed E-state index contributed by atoms with van der Waals surface area (Å²) in [6.45, 7) is 6.60. The molecule has 276 valence electrons. The number of imide groups is 1. The molecule has 13 nitrogen and oxygen atoms in total. The molecule has 8 rings (SSSR count). The highest BCUT2D eigenvalue weighted by molar-refractivity contribution is 6.06. The molecule has 3 amide bonds. The number of aryl methyl sites for hydroxylation is 1. The molecular formula is C40H44N6O7. The minimum atomic E-state index is -1.23. The number of carbonyl (C=O) groups excluding carboxylic acids is 3. The molecule has 0 bridgehead atoms. The number of ether oxygens (including phenoxy) is 2. The Morgan fingerprint density at radius 2 is 1.72 bits per heavy atom. The zero-order chi connectivity index (χ0) is 37.0. The number of benzene rings is 2. The molecule has 0 aliphatic carbocycles. The SMILES string of the molecule is CCOc1cc(-c2cn(C)c(=O)c3cnc(N4CCC4)cc23)cc(OC)c1CN1CCC(c2ccc3c(c2)C(=O)N(C2CCC(=O)NC2=O)C3O)CC1. The van der Waals surface area contributed by atoms with Gasteiger partial charge in [-0.15, -0.1) is 0 Å². The summed E-state index contributed by atoms with van der Waals surface area (Å²) in [5, 5.41) is 14.7. The zero-order valence-electron chi connectivity index (χ0n) is 30.3. The lowest BCUT2D eigenvalue weighted by atomic mass is 9.87. The number of amides is 3. The van der Waals surface area contributed by atoms with E-state index in [1.54, 1.807) is 31.0 Å². The number of aliphatic hydroxyl groups excluding tert-OH is 1. The van der Waals surface area contributed by atoms with Gasteiger partial charge in [-0.2, -0.15) is 0 Å². The van der Waals surface area contributed by atoms with E-state index in [9.17, 15) is 24.3 Å². The third-order valence-corrected chi connectivity index (χ3v) is 11.3. The molecule has 2 aromatic carbocycles. The molecule has 0 spiro atoms. The quantitative estimate of drug-likeness (QED) is 0.245. The van der Waals surface area contributed by atoms with Crippen molar-refractivity contribution in [2.75, 3.05) is 44.8 Å². The van der Waals surface area contributed by atoms with Crippen LogP contribution in [0.1, 0.15) is 78.2 Å². The van der Waals surface area contributed by atoms with E-state index in [-0.39, 0.29) is 36.1 Å². The van der Waals surface area contributed by atoms with Gasteiger partial charge in [0.15, 0.2) is 6.23 Å². The van der Waals surface area contributed by atoms with Gasteiger partial charge in [0.2, 0.25) is 11.8 Å². The summed E-state index contributed by atoms with van der Waals surface area (Å²) in [5.41, 5.74) is 4.58. The van der Waals surface area contributed by atoms with E-state index in [1.165, 1.54) is 4.90 Å². The lowest BCUT2D eigenvalue weighted by molar-refractivity contribution is -0.139. The van der Waals surface area contributed by atoms with E-state index in [1.807, 2.05) is 43.5 Å². The highest BCUT2D eigenvalue weighted by Crippen LogP contribution is 2.41. The van der Waals surface area contributed by atoms with Crippen LogP contribution in [0.3, 0.4) is 0 Å². The van der Waals surface area contributed by atoms with E-state index in [2.05, 4.69) is 20.1 Å². The van der Waals surface area contributed by atoms with Crippen LogP contribution in [0, 0.1) is 0 Å². The number of fused-ring (bicyclic) bond motifs is 2. The summed E-state index contributed by atoms with van der Waals surface area (Å²) in [6.07, 6.45) is 5.51. The van der Waals surface area contributed by atoms with Crippen LogP contribution >= 0.6 is 0 Å². The van der Waals surface area contributed by atoms with Crippen LogP contribution in [0.25, 0.3) is 21.9 Å². The number of aliphatic hydroxyl groups is 1. The van der Waals surface area contributed by atoms with E-state index in [0.29, 0.717) is 35.4 Å². The average Bonchev–Trinajstić information content (AvgIpc) is 3.38. The van der Waals surface area contributed by atoms with Gasteiger partial charge >= 0.3 is 0 Å². The smallest absolute Gasteiger partial charge is 0.259 e. The highest BCUT2D eigenvalue weighted by Gasteiger charge is 2.44. The second-order valence-electron chi connectivity index (χ2n) is 14.4. The number of pyridine rings is 2. The summed E-state index contributed by atoms with van der Waals surface area (Å²) in [5.74, 6) is 1.22. The number of hydrogen-bond donors (Lipinski definition) is 2. The molecule has 0 radical (unpaired) electrons. The van der Waals surface area contributed by atoms with Crippen molar-refractivity contribution >= 4 is 34.3 Å². The molecule has 3 saturated heterocycles. The molecule has 53 heavy (non-hydrogen) atoms. The van der Waals surface area contributed by atoms with Crippen LogP contribution in [-0.2, 0) is 23.2 Å². The zero-order valence-corrected chi connectivity index (χ0v) is 30.3. The van der Waals surface area contributed by atoms with E-state index < -0.39 is 18.2 Å². The number of anilines is 1. The van der Waals surface area contributed by atoms with Crippen LogP contribution in [0.4, 0.5) is 5.82 Å². The van der Waals surface area contributed by atoms with Crippen molar-refractivity contribution < 1.29 is 29.0 Å². The summed E-state index contributed by atoms with van der Waals surface area (Å²) in [7, 11) is 3.43. The first-order chi connectivity index (χ1) is 25.6. The number of rotatable bonds is 9. The van der Waals surface area contributed by atoms with Crippen molar-refractivity contribution in [3.05, 3.63) is 81.4 Å². The maximum absolute atomic E-state index is 13.5. The van der Waals surface area contributed by atoms with Crippen LogP contribution in [0.2, 0.25) is 0 Å². The Kier molecular flexibility index (Phi) is 9.15. The third kappa shape index (κ3) is 6.21. The average molecular weight is 721 g/mol. The Bertz CT molecular complexity index is 2190. The molecule has 2 unspecified atom stereocenters. The fraction of sp³-hybridized carbons (Fsp3) is 0.425. The predicted octanol–water partition coefficient (Wildman–Crippen LogP) is 3.85. The summed E-state index contributed by atoms with van der Waals surface area (Å²) in [4.78, 5) is 61.2. The van der Waals surface area contributed by atoms with Crippen molar-refractivity contribution in [1.82, 2.24) is 24.7 Å². The van der Waals surface area contributed by atoms with Gasteiger partial charge in [-0.1, -0.05) is 12.1 Å². The van der Waals surface area contributed by atoms with Crippen molar-refractivity contribution in [3.8, 4) is 22.6 Å². The predicted molar refractivity (Wildman–Crippen MR) is 198 cm³/mol. The standard InChI is InChI=1S/C40H44N6O7/c1-4-53-34-18-25(30-21-43(2)38(49)29-20-41-35(19-27(29)30)45-12-5-13-45)17-33(52-3)31(34)22-44-14-10-23(11-15-44)24-6-7-26-28(16-24)40(51)46(39(26)50)32-8-9-36(47)42-37(32)48/h6-7,16-21,23,32,39,50H,4-5,8-15,22H2,1-3H3,(H,42,47,48). The lowest BCUT2D eigenvalue weighted by Gasteiger charge is -2.33. The summed E-state index contributed by atoms with van der Waals surface area (Å²) in [6, 6.07) is 10.8. The maximum Gasteiger partial charge on any atom is 0.259 e.